The normalized spacial score (nSPS) is 11.8. The van der Waals surface area contributed by atoms with Crippen molar-refractivity contribution in [2.24, 2.45) is 5.92 Å². The molecule has 94 valence electrons. The molecule has 16 heavy (non-hydrogen) atoms. The molecular weight excluding hydrogens is 206 g/mol. The number of urea groups is 1. The second kappa shape index (κ2) is 7.96. The molecule has 5 nitrogen and oxygen atoms in total. The van der Waals surface area contributed by atoms with E-state index < -0.39 is 0 Å². The van der Waals surface area contributed by atoms with Gasteiger partial charge in [-0.05, 0) is 6.42 Å². The van der Waals surface area contributed by atoms with Crippen LogP contribution in [0.25, 0.3) is 0 Å². The van der Waals surface area contributed by atoms with Gasteiger partial charge in [0.25, 0.3) is 0 Å². The summed E-state index contributed by atoms with van der Waals surface area (Å²) in [5.74, 6) is -0.236. The molecule has 0 heterocycles. The smallest absolute Gasteiger partial charge is 0.317 e. The lowest BCUT2D eigenvalue weighted by molar-refractivity contribution is -0.124. The van der Waals surface area contributed by atoms with Gasteiger partial charge in [-0.1, -0.05) is 20.3 Å². The number of hydrogen-bond acceptors (Lipinski definition) is 2. The average Bonchev–Trinajstić information content (AvgIpc) is 2.27. The Morgan fingerprint density at radius 1 is 1.38 bits per heavy atom. The highest BCUT2D eigenvalue weighted by atomic mass is 16.2. The fourth-order valence-electron chi connectivity index (χ4n) is 1.33. The van der Waals surface area contributed by atoms with Crippen LogP contribution in [0.15, 0.2) is 0 Å². The van der Waals surface area contributed by atoms with Crippen LogP contribution in [0.2, 0.25) is 0 Å². The minimum Gasteiger partial charge on any atom is -0.359 e. The highest BCUT2D eigenvalue weighted by Crippen LogP contribution is 1.98. The summed E-state index contributed by atoms with van der Waals surface area (Å²) < 4.78 is 0. The van der Waals surface area contributed by atoms with Gasteiger partial charge in [0.1, 0.15) is 0 Å². The molecule has 0 radical (unpaired) electrons. The topological polar surface area (TPSA) is 61.4 Å². The molecule has 0 aliphatic rings. The molecule has 1 unspecified atom stereocenters. The van der Waals surface area contributed by atoms with E-state index in [1.54, 1.807) is 21.0 Å². The standard InChI is InChI=1S/C11H23N3O2/c1-5-6-7-13-11(16)14(4)8-9(2)10(15)12-3/h9H,5-8H2,1-4H3,(H,12,15)(H,13,16). The Balaban J connectivity index is 3.90. The molecule has 0 saturated carbocycles. The molecule has 0 bridgehead atoms. The second-order valence-corrected chi connectivity index (χ2v) is 3.98. The molecule has 0 aliphatic carbocycles. The predicted octanol–water partition coefficient (Wildman–Crippen LogP) is 0.810. The Morgan fingerprint density at radius 2 is 2.00 bits per heavy atom. The van der Waals surface area contributed by atoms with Crippen molar-refractivity contribution in [2.45, 2.75) is 26.7 Å². The van der Waals surface area contributed by atoms with Crippen molar-refractivity contribution in [2.75, 3.05) is 27.2 Å². The van der Waals surface area contributed by atoms with Crippen LogP contribution >= 0.6 is 0 Å². The molecular formula is C11H23N3O2. The van der Waals surface area contributed by atoms with E-state index in [0.717, 1.165) is 12.8 Å². The summed E-state index contributed by atoms with van der Waals surface area (Å²) in [7, 11) is 3.29. The lowest BCUT2D eigenvalue weighted by atomic mass is 10.1. The molecule has 0 rings (SSSR count). The van der Waals surface area contributed by atoms with Crippen LogP contribution < -0.4 is 10.6 Å². The van der Waals surface area contributed by atoms with E-state index >= 15 is 0 Å². The monoisotopic (exact) mass is 229 g/mol. The fraction of sp³-hybridized carbons (Fsp3) is 0.818. The average molecular weight is 229 g/mol. The van der Waals surface area contributed by atoms with Gasteiger partial charge in [0.2, 0.25) is 5.91 Å². The summed E-state index contributed by atoms with van der Waals surface area (Å²) >= 11 is 0. The quantitative estimate of drug-likeness (QED) is 0.662. The molecule has 0 fully saturated rings. The Morgan fingerprint density at radius 3 is 2.50 bits per heavy atom. The van der Waals surface area contributed by atoms with Crippen molar-refractivity contribution < 1.29 is 9.59 Å². The van der Waals surface area contributed by atoms with Crippen LogP contribution in [-0.2, 0) is 4.79 Å². The van der Waals surface area contributed by atoms with E-state index in [4.69, 9.17) is 0 Å². The zero-order chi connectivity index (χ0) is 12.6. The van der Waals surface area contributed by atoms with Crippen LogP contribution in [0.3, 0.4) is 0 Å². The molecule has 3 amide bonds. The van der Waals surface area contributed by atoms with E-state index in [1.807, 2.05) is 0 Å². The van der Waals surface area contributed by atoms with E-state index in [9.17, 15) is 9.59 Å². The molecule has 0 aliphatic heterocycles. The molecule has 0 aromatic heterocycles. The van der Waals surface area contributed by atoms with Crippen molar-refractivity contribution in [1.82, 2.24) is 15.5 Å². The number of unbranched alkanes of at least 4 members (excludes halogenated alkanes) is 1. The van der Waals surface area contributed by atoms with Crippen LogP contribution in [0.4, 0.5) is 4.79 Å². The van der Waals surface area contributed by atoms with Crippen molar-refractivity contribution >= 4 is 11.9 Å². The predicted molar refractivity (Wildman–Crippen MR) is 64.2 cm³/mol. The number of nitrogens with one attached hydrogen (secondary N) is 2. The maximum absolute atomic E-state index is 11.5. The Kier molecular flexibility index (Phi) is 7.33. The minimum atomic E-state index is -0.188. The van der Waals surface area contributed by atoms with Crippen LogP contribution in [-0.4, -0.2) is 44.0 Å². The fourth-order valence-corrected chi connectivity index (χ4v) is 1.33. The molecule has 0 aromatic carbocycles. The largest absolute Gasteiger partial charge is 0.359 e. The summed E-state index contributed by atoms with van der Waals surface area (Å²) in [6, 6.07) is -0.121. The van der Waals surface area contributed by atoms with Gasteiger partial charge in [0, 0.05) is 27.2 Å². The maximum atomic E-state index is 11.5. The zero-order valence-electron chi connectivity index (χ0n) is 10.7. The third-order valence-electron chi connectivity index (χ3n) is 2.39. The summed E-state index contributed by atoms with van der Waals surface area (Å²) in [5.41, 5.74) is 0. The van der Waals surface area contributed by atoms with Crippen molar-refractivity contribution in [3.05, 3.63) is 0 Å². The van der Waals surface area contributed by atoms with Crippen molar-refractivity contribution in [3.8, 4) is 0 Å². The summed E-state index contributed by atoms with van der Waals surface area (Å²) in [6.07, 6.45) is 2.03. The number of carbonyl (C=O) groups is 2. The van der Waals surface area contributed by atoms with E-state index in [0.29, 0.717) is 13.1 Å². The van der Waals surface area contributed by atoms with Gasteiger partial charge in [0.05, 0.1) is 5.92 Å². The van der Waals surface area contributed by atoms with E-state index in [1.165, 1.54) is 4.90 Å². The van der Waals surface area contributed by atoms with Gasteiger partial charge >= 0.3 is 6.03 Å². The van der Waals surface area contributed by atoms with Crippen molar-refractivity contribution in [1.29, 1.82) is 0 Å². The summed E-state index contributed by atoms with van der Waals surface area (Å²) in [6.45, 7) is 4.99. The van der Waals surface area contributed by atoms with Gasteiger partial charge in [-0.2, -0.15) is 0 Å². The third kappa shape index (κ3) is 5.58. The number of carbonyl (C=O) groups excluding carboxylic acids is 2. The zero-order valence-corrected chi connectivity index (χ0v) is 10.7. The van der Waals surface area contributed by atoms with E-state index in [2.05, 4.69) is 17.6 Å². The molecule has 0 saturated heterocycles. The molecule has 0 aromatic rings. The lowest BCUT2D eigenvalue weighted by Crippen LogP contribution is -2.42. The molecule has 5 heteroatoms. The number of rotatable bonds is 6. The first-order chi connectivity index (χ1) is 7.52. The SMILES string of the molecule is CCCCNC(=O)N(C)CC(C)C(=O)NC. The van der Waals surface area contributed by atoms with Gasteiger partial charge in [-0.15, -0.1) is 0 Å². The van der Waals surface area contributed by atoms with Crippen LogP contribution in [0, 0.1) is 5.92 Å². The maximum Gasteiger partial charge on any atom is 0.317 e. The number of amides is 3. The molecule has 0 spiro atoms. The first kappa shape index (κ1) is 14.7. The van der Waals surface area contributed by atoms with E-state index in [-0.39, 0.29) is 17.9 Å². The van der Waals surface area contributed by atoms with Gasteiger partial charge in [-0.3, -0.25) is 4.79 Å². The lowest BCUT2D eigenvalue weighted by Gasteiger charge is -2.21. The Labute approximate surface area is 97.6 Å². The van der Waals surface area contributed by atoms with Crippen molar-refractivity contribution in [3.63, 3.8) is 0 Å². The third-order valence-corrected chi connectivity index (χ3v) is 2.39. The summed E-state index contributed by atoms with van der Waals surface area (Å²) in [4.78, 5) is 24.3. The number of hydrogen-bond donors (Lipinski definition) is 2. The Bertz CT molecular complexity index is 231. The minimum absolute atomic E-state index is 0.0480. The van der Waals surface area contributed by atoms with Crippen LogP contribution in [0.5, 0.6) is 0 Å². The first-order valence-electron chi connectivity index (χ1n) is 5.73. The van der Waals surface area contributed by atoms with Gasteiger partial charge in [-0.25, -0.2) is 4.79 Å². The number of nitrogens with zero attached hydrogens (tertiary/aromatic N) is 1. The second-order valence-electron chi connectivity index (χ2n) is 3.98. The highest BCUT2D eigenvalue weighted by Gasteiger charge is 2.16. The van der Waals surface area contributed by atoms with Crippen LogP contribution in [0.1, 0.15) is 26.7 Å². The first-order valence-corrected chi connectivity index (χ1v) is 5.73. The Hall–Kier alpha value is -1.26. The highest BCUT2D eigenvalue weighted by molar-refractivity contribution is 5.79. The van der Waals surface area contributed by atoms with Gasteiger partial charge < -0.3 is 15.5 Å². The molecule has 1 atom stereocenters. The summed E-state index contributed by atoms with van der Waals surface area (Å²) in [5, 5.41) is 5.36. The van der Waals surface area contributed by atoms with Gasteiger partial charge in [0.15, 0.2) is 0 Å². The molecule has 2 N–H and O–H groups in total.